The summed E-state index contributed by atoms with van der Waals surface area (Å²) >= 11 is 0. The van der Waals surface area contributed by atoms with Gasteiger partial charge in [0.15, 0.2) is 0 Å². The minimum Gasteiger partial charge on any atom is -0.353 e. The molecule has 5 atom stereocenters. The quantitative estimate of drug-likeness (QED) is 0.266. The van der Waals surface area contributed by atoms with Gasteiger partial charge in [0.2, 0.25) is 35.4 Å². The van der Waals surface area contributed by atoms with Crippen molar-refractivity contribution in [3.05, 3.63) is 71.8 Å². The number of fused-ring (bicyclic) bond motifs is 7. The van der Waals surface area contributed by atoms with E-state index in [0.717, 1.165) is 0 Å². The predicted octanol–water partition coefficient (Wildman–Crippen LogP) is 0.727. The van der Waals surface area contributed by atoms with E-state index in [1.54, 1.807) is 74.5 Å². The molecule has 2 aromatic rings. The number of hydrogen-bond donors (Lipinski definition) is 6. The first-order chi connectivity index (χ1) is 21.1. The first-order valence-corrected chi connectivity index (χ1v) is 16.8. The van der Waals surface area contributed by atoms with Crippen LogP contribution in [0.2, 0.25) is 0 Å². The molecule has 4 rings (SSSR count). The van der Waals surface area contributed by atoms with E-state index in [2.05, 4.69) is 31.9 Å². The van der Waals surface area contributed by atoms with Crippen LogP contribution in [0, 0.1) is 5.92 Å². The summed E-state index contributed by atoms with van der Waals surface area (Å²) in [6.07, 6.45) is -0.456. The molecule has 2 aliphatic heterocycles. The van der Waals surface area contributed by atoms with Gasteiger partial charge in [-0.05, 0) is 17.0 Å². The zero-order valence-electron chi connectivity index (χ0n) is 24.3. The maximum absolute atomic E-state index is 13.9. The molecule has 0 saturated carbocycles. The van der Waals surface area contributed by atoms with Gasteiger partial charge in [0.05, 0.1) is 6.42 Å². The maximum atomic E-state index is 13.9. The summed E-state index contributed by atoms with van der Waals surface area (Å²) in [5.41, 5.74) is 0.887. The van der Waals surface area contributed by atoms with E-state index in [9.17, 15) is 28.8 Å². The normalized spacial score (nSPS) is 26.3. The molecule has 0 radical (unpaired) electrons. The largest absolute Gasteiger partial charge is 0.353 e. The average molecular weight is 641 g/mol. The number of hydrogen-bond acceptors (Lipinski definition) is 8. The van der Waals surface area contributed by atoms with Gasteiger partial charge in [-0.2, -0.15) is 0 Å². The van der Waals surface area contributed by atoms with Crippen LogP contribution in [0.1, 0.15) is 43.5 Å². The summed E-state index contributed by atoms with van der Waals surface area (Å²) in [5, 5.41) is 16.3. The lowest BCUT2D eigenvalue weighted by Crippen LogP contribution is -2.59. The van der Waals surface area contributed by atoms with E-state index in [1.165, 1.54) is 21.6 Å². The lowest BCUT2D eigenvalue weighted by atomic mass is 10.0. The van der Waals surface area contributed by atoms with Crippen LogP contribution in [0.3, 0.4) is 0 Å². The Bertz CT molecular complexity index is 1360. The van der Waals surface area contributed by atoms with Crippen LogP contribution in [0.25, 0.3) is 0 Å². The highest BCUT2D eigenvalue weighted by Crippen LogP contribution is 2.23. The topological polar surface area (TPSA) is 175 Å². The van der Waals surface area contributed by atoms with E-state index >= 15 is 0 Å². The van der Waals surface area contributed by atoms with Crippen LogP contribution in [-0.2, 0) is 28.8 Å². The second-order valence-electron chi connectivity index (χ2n) is 10.7. The standard InChI is InChI=1S/C30H36N6O6S2/c1-17(2)23-28(40)33-21-16-44-43-14-13-31-26(38)20(15-22(37)34-23)32-29(41)24(18-9-5-3-6-10-18)36-30(42)25(35-27(21)39)19-11-7-4-8-12-19/h3-12,17,20-21,23-25H,13-16H2,1-2H3,(H,31,38)(H,32,41)(H,33,40)(H,34,37)(H,35,39)(H,36,42)/t20-,21+,23+,24-,25-/m0/s1. The number of carbonyl (C=O) groups excluding carboxylic acids is 6. The number of carbonyl (C=O) groups is 6. The zero-order chi connectivity index (χ0) is 31.6. The Morgan fingerprint density at radius 2 is 1.16 bits per heavy atom. The van der Waals surface area contributed by atoms with Crippen molar-refractivity contribution < 1.29 is 28.8 Å². The number of nitrogens with one attached hydrogen (secondary N) is 6. The Morgan fingerprint density at radius 3 is 1.75 bits per heavy atom. The van der Waals surface area contributed by atoms with Gasteiger partial charge in [-0.3, -0.25) is 28.8 Å². The van der Waals surface area contributed by atoms with Crippen LogP contribution < -0.4 is 31.9 Å². The Balaban J connectivity index is 1.83. The van der Waals surface area contributed by atoms with Gasteiger partial charge >= 0.3 is 0 Å². The fourth-order valence-electron chi connectivity index (χ4n) is 4.74. The van der Waals surface area contributed by atoms with E-state index < -0.39 is 72.1 Å². The summed E-state index contributed by atoms with van der Waals surface area (Å²) in [5.74, 6) is -3.61. The van der Waals surface area contributed by atoms with Crippen molar-refractivity contribution in [1.29, 1.82) is 0 Å². The zero-order valence-corrected chi connectivity index (χ0v) is 26.0. The molecule has 0 unspecified atom stereocenters. The van der Waals surface area contributed by atoms with Crippen LogP contribution in [0.5, 0.6) is 0 Å². The first kappa shape index (κ1) is 32.9. The average Bonchev–Trinajstić information content (AvgIpc) is 3.01. The summed E-state index contributed by atoms with van der Waals surface area (Å²) in [6, 6.07) is 11.1. The van der Waals surface area contributed by atoms with Gasteiger partial charge in [-0.15, -0.1) is 0 Å². The summed E-state index contributed by atoms with van der Waals surface area (Å²) in [4.78, 5) is 81.3. The van der Waals surface area contributed by atoms with Gasteiger partial charge in [-0.25, -0.2) is 0 Å². The molecule has 2 aliphatic rings. The second-order valence-corrected chi connectivity index (χ2v) is 13.3. The number of amides is 6. The highest BCUT2D eigenvalue weighted by atomic mass is 33.1. The Hall–Kier alpha value is -4.04. The fraction of sp³-hybridized carbons (Fsp3) is 0.400. The molecule has 12 nitrogen and oxygen atoms in total. The number of rotatable bonds is 3. The Morgan fingerprint density at radius 1 is 0.614 bits per heavy atom. The minimum atomic E-state index is -1.30. The molecule has 0 aromatic heterocycles. The molecule has 44 heavy (non-hydrogen) atoms. The molecular formula is C30H36N6O6S2. The minimum absolute atomic E-state index is 0.146. The summed E-state index contributed by atoms with van der Waals surface area (Å²) in [7, 11) is 2.71. The third kappa shape index (κ3) is 8.76. The third-order valence-corrected chi connectivity index (χ3v) is 9.50. The van der Waals surface area contributed by atoms with Crippen molar-refractivity contribution >= 4 is 57.0 Å². The van der Waals surface area contributed by atoms with Crippen molar-refractivity contribution in [1.82, 2.24) is 31.9 Å². The van der Waals surface area contributed by atoms with Crippen molar-refractivity contribution in [3.8, 4) is 0 Å². The monoisotopic (exact) mass is 640 g/mol. The molecule has 0 aliphatic carbocycles. The lowest BCUT2D eigenvalue weighted by Gasteiger charge is -2.29. The molecule has 234 valence electrons. The molecule has 14 heteroatoms. The smallest absolute Gasteiger partial charge is 0.248 e. The first-order valence-electron chi connectivity index (χ1n) is 14.3. The molecule has 2 bridgehead atoms. The van der Waals surface area contributed by atoms with E-state index in [1.807, 2.05) is 0 Å². The molecule has 2 heterocycles. The SMILES string of the molecule is CC(C)[C@H]1NC(=O)C[C@@H]2NC(=O)[C@H](c3ccccc3)NC(=O)[C@H](c3ccccc3)NC(=O)[C@@H](CSSCCNC2=O)NC1=O. The third-order valence-electron chi connectivity index (χ3n) is 7.09. The summed E-state index contributed by atoms with van der Waals surface area (Å²) in [6.45, 7) is 3.71. The molecule has 6 amide bonds. The molecule has 2 aromatic carbocycles. The van der Waals surface area contributed by atoms with Crippen LogP contribution in [0.4, 0.5) is 0 Å². The van der Waals surface area contributed by atoms with E-state index in [-0.39, 0.29) is 18.2 Å². The van der Waals surface area contributed by atoms with E-state index in [0.29, 0.717) is 16.9 Å². The van der Waals surface area contributed by atoms with Crippen LogP contribution in [0.15, 0.2) is 60.7 Å². The second kappa shape index (κ2) is 15.6. The fourth-order valence-corrected chi connectivity index (χ4v) is 6.81. The summed E-state index contributed by atoms with van der Waals surface area (Å²) < 4.78 is 0. The van der Waals surface area contributed by atoms with Gasteiger partial charge in [0.1, 0.15) is 30.2 Å². The van der Waals surface area contributed by atoms with Gasteiger partial charge in [0.25, 0.3) is 0 Å². The molecule has 0 spiro atoms. The lowest BCUT2D eigenvalue weighted by molar-refractivity contribution is -0.137. The van der Waals surface area contributed by atoms with Crippen LogP contribution >= 0.6 is 21.6 Å². The number of benzene rings is 2. The van der Waals surface area contributed by atoms with E-state index in [4.69, 9.17) is 0 Å². The highest BCUT2D eigenvalue weighted by molar-refractivity contribution is 8.76. The predicted molar refractivity (Wildman–Crippen MR) is 168 cm³/mol. The molecule has 2 saturated heterocycles. The van der Waals surface area contributed by atoms with Crippen molar-refractivity contribution in [2.75, 3.05) is 18.1 Å². The Kier molecular flexibility index (Phi) is 11.7. The molecular weight excluding hydrogens is 605 g/mol. The van der Waals surface area contributed by atoms with Crippen LogP contribution in [-0.4, -0.2) is 71.6 Å². The maximum Gasteiger partial charge on any atom is 0.248 e. The molecule has 6 N–H and O–H groups in total. The van der Waals surface area contributed by atoms with Gasteiger partial charge in [-0.1, -0.05) is 96.1 Å². The Labute approximate surface area is 263 Å². The van der Waals surface area contributed by atoms with Gasteiger partial charge < -0.3 is 31.9 Å². The highest BCUT2D eigenvalue weighted by Gasteiger charge is 2.36. The molecule has 2 fully saturated rings. The van der Waals surface area contributed by atoms with Crippen molar-refractivity contribution in [3.63, 3.8) is 0 Å². The van der Waals surface area contributed by atoms with Gasteiger partial charge in [0, 0.05) is 18.1 Å². The van der Waals surface area contributed by atoms with Crippen molar-refractivity contribution in [2.45, 2.75) is 50.5 Å². The van der Waals surface area contributed by atoms with Crippen molar-refractivity contribution in [2.24, 2.45) is 5.92 Å².